The lowest BCUT2D eigenvalue weighted by atomic mass is 10.0. The summed E-state index contributed by atoms with van der Waals surface area (Å²) in [5, 5.41) is 6.33. The first-order valence-electron chi connectivity index (χ1n) is 7.73. The Morgan fingerprint density at radius 3 is 3.19 bits per heavy atom. The highest BCUT2D eigenvalue weighted by atomic mass is 79.9. The maximum atomic E-state index is 12.3. The Morgan fingerprint density at radius 2 is 2.38 bits per heavy atom. The normalized spacial score (nSPS) is 25.6. The summed E-state index contributed by atoms with van der Waals surface area (Å²) in [6.45, 7) is 5.29. The monoisotopic (exact) mass is 351 g/mol. The number of carbonyl (C=O) groups excluding carboxylic acids is 1. The van der Waals surface area contributed by atoms with E-state index in [9.17, 15) is 4.79 Å². The van der Waals surface area contributed by atoms with Gasteiger partial charge in [-0.25, -0.2) is 0 Å². The number of rotatable bonds is 3. The second-order valence-corrected chi connectivity index (χ2v) is 6.57. The molecule has 0 saturated carbocycles. The van der Waals surface area contributed by atoms with Crippen LogP contribution in [0.2, 0.25) is 0 Å². The molecule has 1 aromatic carbocycles. The van der Waals surface area contributed by atoms with Crippen LogP contribution in [0.1, 0.15) is 30.5 Å². The molecule has 3 rings (SSSR count). The van der Waals surface area contributed by atoms with E-state index in [4.69, 9.17) is 0 Å². The highest BCUT2D eigenvalue weighted by Gasteiger charge is 2.37. The van der Waals surface area contributed by atoms with Crippen molar-refractivity contribution in [2.45, 2.75) is 31.8 Å². The van der Waals surface area contributed by atoms with Gasteiger partial charge in [0, 0.05) is 36.7 Å². The van der Waals surface area contributed by atoms with Crippen LogP contribution in [0.4, 0.5) is 0 Å². The van der Waals surface area contributed by atoms with Gasteiger partial charge in [-0.3, -0.25) is 9.69 Å². The predicted octanol–water partition coefficient (Wildman–Crippen LogP) is 1.85. The topological polar surface area (TPSA) is 44.4 Å². The molecule has 1 aliphatic heterocycles. The minimum atomic E-state index is -0.0615. The summed E-state index contributed by atoms with van der Waals surface area (Å²) in [6, 6.07) is 6.74. The van der Waals surface area contributed by atoms with Crippen LogP contribution < -0.4 is 10.6 Å². The summed E-state index contributed by atoms with van der Waals surface area (Å²) >= 11 is 3.66. The van der Waals surface area contributed by atoms with E-state index in [0.717, 1.165) is 32.5 Å². The highest BCUT2D eigenvalue weighted by molar-refractivity contribution is 9.10. The first kappa shape index (κ1) is 15.0. The van der Waals surface area contributed by atoms with Gasteiger partial charge in [-0.15, -0.1) is 0 Å². The molecule has 1 aromatic rings. The molecule has 1 saturated heterocycles. The quantitative estimate of drug-likeness (QED) is 0.873. The van der Waals surface area contributed by atoms with Gasteiger partial charge in [-0.2, -0.15) is 0 Å². The highest BCUT2D eigenvalue weighted by Crippen LogP contribution is 2.40. The van der Waals surface area contributed by atoms with Crippen molar-refractivity contribution in [3.05, 3.63) is 33.8 Å². The maximum absolute atomic E-state index is 12.3. The van der Waals surface area contributed by atoms with E-state index in [-0.39, 0.29) is 11.9 Å². The molecule has 1 aliphatic carbocycles. The number of piperazine rings is 1. The lowest BCUT2D eigenvalue weighted by Gasteiger charge is -2.39. The summed E-state index contributed by atoms with van der Waals surface area (Å²) in [5.74, 6) is 0.146. The third-order valence-electron chi connectivity index (χ3n) is 4.52. The fourth-order valence-corrected chi connectivity index (χ4v) is 4.14. The molecule has 1 heterocycles. The standard InChI is InChI=1S/C16H22BrN3O/c1-2-19-16(21)15-10-18-8-9-20(15)14-7-6-11-12(14)4-3-5-13(11)17/h3-5,14-15,18H,2,6-10H2,1H3,(H,19,21). The number of fused-ring (bicyclic) bond motifs is 1. The molecular weight excluding hydrogens is 330 g/mol. The Morgan fingerprint density at radius 1 is 1.52 bits per heavy atom. The van der Waals surface area contributed by atoms with Crippen molar-refractivity contribution < 1.29 is 4.79 Å². The van der Waals surface area contributed by atoms with Crippen LogP contribution in [0.15, 0.2) is 22.7 Å². The summed E-state index contributed by atoms with van der Waals surface area (Å²) in [5.41, 5.74) is 2.80. The fraction of sp³-hybridized carbons (Fsp3) is 0.562. The summed E-state index contributed by atoms with van der Waals surface area (Å²) in [7, 11) is 0. The molecule has 4 nitrogen and oxygen atoms in total. The number of hydrogen-bond acceptors (Lipinski definition) is 3. The number of halogens is 1. The van der Waals surface area contributed by atoms with E-state index >= 15 is 0 Å². The van der Waals surface area contributed by atoms with Gasteiger partial charge in [0.25, 0.3) is 0 Å². The predicted molar refractivity (Wildman–Crippen MR) is 87.3 cm³/mol. The third-order valence-corrected chi connectivity index (χ3v) is 5.26. The number of likely N-dealkylation sites (N-methyl/N-ethyl adjacent to an activating group) is 1. The molecule has 1 fully saturated rings. The number of hydrogen-bond donors (Lipinski definition) is 2. The van der Waals surface area contributed by atoms with Crippen LogP contribution in [-0.2, 0) is 11.2 Å². The molecule has 0 aromatic heterocycles. The average Bonchev–Trinajstić information content (AvgIpc) is 2.93. The van der Waals surface area contributed by atoms with Crippen molar-refractivity contribution in [2.75, 3.05) is 26.2 Å². The van der Waals surface area contributed by atoms with Gasteiger partial charge in [0.2, 0.25) is 5.91 Å². The smallest absolute Gasteiger partial charge is 0.238 e. The Balaban J connectivity index is 1.86. The SMILES string of the molecule is CCNC(=O)C1CNCCN1C1CCc2c(Br)cccc21. The van der Waals surface area contributed by atoms with Crippen LogP contribution in [0, 0.1) is 0 Å². The van der Waals surface area contributed by atoms with Crippen LogP contribution in [0.3, 0.4) is 0 Å². The fourth-order valence-electron chi connectivity index (χ4n) is 3.56. The van der Waals surface area contributed by atoms with Gasteiger partial charge in [0.1, 0.15) is 6.04 Å². The molecule has 21 heavy (non-hydrogen) atoms. The second-order valence-electron chi connectivity index (χ2n) is 5.71. The first-order chi connectivity index (χ1) is 10.2. The van der Waals surface area contributed by atoms with E-state index in [0.29, 0.717) is 12.6 Å². The number of amides is 1. The van der Waals surface area contributed by atoms with Gasteiger partial charge in [-0.05, 0) is 37.0 Å². The molecule has 0 bridgehead atoms. The second kappa shape index (κ2) is 6.46. The molecule has 5 heteroatoms. The minimum Gasteiger partial charge on any atom is -0.355 e. The van der Waals surface area contributed by atoms with Crippen molar-refractivity contribution >= 4 is 21.8 Å². The van der Waals surface area contributed by atoms with Crippen molar-refractivity contribution in [2.24, 2.45) is 0 Å². The van der Waals surface area contributed by atoms with Crippen LogP contribution in [0.25, 0.3) is 0 Å². The number of nitrogens with zero attached hydrogens (tertiary/aromatic N) is 1. The van der Waals surface area contributed by atoms with Gasteiger partial charge < -0.3 is 10.6 Å². The Kier molecular flexibility index (Phi) is 4.62. The van der Waals surface area contributed by atoms with Crippen molar-refractivity contribution in [3.63, 3.8) is 0 Å². The van der Waals surface area contributed by atoms with Crippen molar-refractivity contribution in [3.8, 4) is 0 Å². The summed E-state index contributed by atoms with van der Waals surface area (Å²) in [4.78, 5) is 14.7. The Bertz CT molecular complexity index is 534. The van der Waals surface area contributed by atoms with Crippen molar-refractivity contribution in [1.29, 1.82) is 0 Å². The van der Waals surface area contributed by atoms with Gasteiger partial charge >= 0.3 is 0 Å². The largest absolute Gasteiger partial charge is 0.355 e. The number of benzene rings is 1. The Labute approximate surface area is 134 Å². The molecule has 2 N–H and O–H groups in total. The molecule has 114 valence electrons. The molecule has 2 aliphatic rings. The van der Waals surface area contributed by atoms with E-state index in [1.807, 2.05) is 6.92 Å². The lowest BCUT2D eigenvalue weighted by molar-refractivity contribution is -0.128. The van der Waals surface area contributed by atoms with Crippen LogP contribution >= 0.6 is 15.9 Å². The molecule has 0 spiro atoms. The lowest BCUT2D eigenvalue weighted by Crippen LogP contribution is -2.58. The molecule has 1 amide bonds. The van der Waals surface area contributed by atoms with Gasteiger partial charge in [0.05, 0.1) is 0 Å². The summed E-state index contributed by atoms with van der Waals surface area (Å²) < 4.78 is 1.20. The van der Waals surface area contributed by atoms with Crippen LogP contribution in [0.5, 0.6) is 0 Å². The summed E-state index contributed by atoms with van der Waals surface area (Å²) in [6.07, 6.45) is 2.20. The van der Waals surface area contributed by atoms with Gasteiger partial charge in [-0.1, -0.05) is 28.1 Å². The van der Waals surface area contributed by atoms with Crippen molar-refractivity contribution in [1.82, 2.24) is 15.5 Å². The zero-order chi connectivity index (χ0) is 14.8. The van der Waals surface area contributed by atoms with E-state index in [1.165, 1.54) is 15.6 Å². The minimum absolute atomic E-state index is 0.0615. The number of nitrogens with one attached hydrogen (secondary N) is 2. The number of carbonyl (C=O) groups is 1. The van der Waals surface area contributed by atoms with E-state index in [2.05, 4.69) is 49.7 Å². The molecular formula is C16H22BrN3O. The third kappa shape index (κ3) is 2.87. The molecule has 2 atom stereocenters. The van der Waals surface area contributed by atoms with E-state index < -0.39 is 0 Å². The van der Waals surface area contributed by atoms with Crippen LogP contribution in [-0.4, -0.2) is 43.0 Å². The average molecular weight is 352 g/mol. The molecule has 0 radical (unpaired) electrons. The zero-order valence-electron chi connectivity index (χ0n) is 12.4. The zero-order valence-corrected chi connectivity index (χ0v) is 13.9. The molecule has 2 unspecified atom stereocenters. The maximum Gasteiger partial charge on any atom is 0.238 e. The van der Waals surface area contributed by atoms with E-state index in [1.54, 1.807) is 0 Å². The first-order valence-corrected chi connectivity index (χ1v) is 8.53. The van der Waals surface area contributed by atoms with Gasteiger partial charge in [0.15, 0.2) is 0 Å². The Hall–Kier alpha value is -0.910.